The number of non-ortho nitro benzene ring substituents is 1. The molecule has 0 spiro atoms. The first kappa shape index (κ1) is 15.4. The highest BCUT2D eigenvalue weighted by atomic mass is 32.1. The van der Waals surface area contributed by atoms with E-state index >= 15 is 0 Å². The number of nitrogens with one attached hydrogen (secondary N) is 1. The number of nitrogens with zero attached hydrogens (tertiary/aromatic N) is 3. The molecule has 7 heteroatoms. The van der Waals surface area contributed by atoms with Gasteiger partial charge in [0.1, 0.15) is 5.01 Å². The van der Waals surface area contributed by atoms with Crippen LogP contribution >= 0.6 is 11.3 Å². The lowest BCUT2D eigenvalue weighted by molar-refractivity contribution is -0.383. The van der Waals surface area contributed by atoms with Gasteiger partial charge in [-0.05, 0) is 25.5 Å². The lowest BCUT2D eigenvalue weighted by atomic mass is 10.1. The Morgan fingerprint density at radius 2 is 2.13 bits per heavy atom. The number of thiazole rings is 1. The SMILES string of the molecule is CCc1cnc(C(C)Nc2ccc([N+](=O)[O-])c3cnccc23)s1. The first-order valence-electron chi connectivity index (χ1n) is 7.32. The second-order valence-corrected chi connectivity index (χ2v) is 6.34. The lowest BCUT2D eigenvalue weighted by Crippen LogP contribution is -2.06. The number of hydrogen-bond acceptors (Lipinski definition) is 6. The summed E-state index contributed by atoms with van der Waals surface area (Å²) >= 11 is 1.68. The van der Waals surface area contributed by atoms with Crippen molar-refractivity contribution in [3.05, 3.63) is 56.8 Å². The van der Waals surface area contributed by atoms with Crippen LogP contribution in [0.15, 0.2) is 36.8 Å². The molecule has 1 atom stereocenters. The van der Waals surface area contributed by atoms with Crippen molar-refractivity contribution in [1.82, 2.24) is 9.97 Å². The monoisotopic (exact) mass is 328 g/mol. The lowest BCUT2D eigenvalue weighted by Gasteiger charge is -2.15. The molecule has 3 rings (SSSR count). The fourth-order valence-electron chi connectivity index (χ4n) is 2.44. The summed E-state index contributed by atoms with van der Waals surface area (Å²) in [6.45, 7) is 4.14. The normalized spacial score (nSPS) is 12.3. The van der Waals surface area contributed by atoms with Gasteiger partial charge in [-0.15, -0.1) is 11.3 Å². The van der Waals surface area contributed by atoms with Gasteiger partial charge in [-0.25, -0.2) is 4.98 Å². The van der Waals surface area contributed by atoms with E-state index < -0.39 is 0 Å². The van der Waals surface area contributed by atoms with E-state index in [2.05, 4.69) is 22.2 Å². The van der Waals surface area contributed by atoms with Gasteiger partial charge < -0.3 is 5.32 Å². The largest absolute Gasteiger partial charge is 0.376 e. The Bertz CT molecular complexity index is 862. The van der Waals surface area contributed by atoms with E-state index in [9.17, 15) is 10.1 Å². The molecule has 3 aromatic rings. The molecule has 0 saturated heterocycles. The molecule has 0 amide bonds. The van der Waals surface area contributed by atoms with Crippen molar-refractivity contribution in [1.29, 1.82) is 0 Å². The third-order valence-electron chi connectivity index (χ3n) is 3.65. The number of anilines is 1. The van der Waals surface area contributed by atoms with Gasteiger partial charge in [0.05, 0.1) is 16.4 Å². The number of aryl methyl sites for hydroxylation is 1. The number of nitro benzene ring substituents is 1. The molecule has 2 heterocycles. The van der Waals surface area contributed by atoms with E-state index in [0.717, 1.165) is 22.5 Å². The highest BCUT2D eigenvalue weighted by Gasteiger charge is 2.16. The smallest absolute Gasteiger partial charge is 0.278 e. The molecule has 0 aliphatic heterocycles. The van der Waals surface area contributed by atoms with Crippen molar-refractivity contribution in [2.24, 2.45) is 0 Å². The highest BCUT2D eigenvalue weighted by molar-refractivity contribution is 7.11. The summed E-state index contributed by atoms with van der Waals surface area (Å²) in [5.41, 5.74) is 0.905. The molecular weight excluding hydrogens is 312 g/mol. The Morgan fingerprint density at radius 1 is 1.30 bits per heavy atom. The topological polar surface area (TPSA) is 81.0 Å². The van der Waals surface area contributed by atoms with E-state index in [-0.39, 0.29) is 16.7 Å². The van der Waals surface area contributed by atoms with Crippen LogP contribution in [-0.2, 0) is 6.42 Å². The van der Waals surface area contributed by atoms with E-state index in [4.69, 9.17) is 0 Å². The van der Waals surface area contributed by atoms with Gasteiger partial charge in [0.15, 0.2) is 0 Å². The van der Waals surface area contributed by atoms with Crippen molar-refractivity contribution in [2.75, 3.05) is 5.32 Å². The molecule has 0 radical (unpaired) electrons. The maximum absolute atomic E-state index is 11.2. The van der Waals surface area contributed by atoms with Crippen LogP contribution in [0.5, 0.6) is 0 Å². The molecule has 0 fully saturated rings. The minimum Gasteiger partial charge on any atom is -0.376 e. The first-order chi connectivity index (χ1) is 11.1. The maximum Gasteiger partial charge on any atom is 0.278 e. The average molecular weight is 328 g/mol. The quantitative estimate of drug-likeness (QED) is 0.557. The molecule has 2 aromatic heterocycles. The molecule has 0 aliphatic carbocycles. The van der Waals surface area contributed by atoms with Gasteiger partial charge in [-0.3, -0.25) is 15.1 Å². The second kappa shape index (κ2) is 6.29. The van der Waals surface area contributed by atoms with Crippen LogP contribution in [0.1, 0.15) is 29.8 Å². The van der Waals surface area contributed by atoms with E-state index in [0.29, 0.717) is 5.39 Å². The molecule has 23 heavy (non-hydrogen) atoms. The molecule has 118 valence electrons. The Kier molecular flexibility index (Phi) is 4.20. The number of nitro groups is 1. The molecule has 0 aliphatic rings. The van der Waals surface area contributed by atoms with Crippen LogP contribution in [0, 0.1) is 10.1 Å². The summed E-state index contributed by atoms with van der Waals surface area (Å²) in [6.07, 6.45) is 6.04. The fourth-order valence-corrected chi connectivity index (χ4v) is 3.30. The number of fused-ring (bicyclic) bond motifs is 1. The summed E-state index contributed by atoms with van der Waals surface area (Å²) < 4.78 is 0. The zero-order valence-corrected chi connectivity index (χ0v) is 13.6. The van der Waals surface area contributed by atoms with Gasteiger partial charge in [0.25, 0.3) is 5.69 Å². The van der Waals surface area contributed by atoms with Crippen LogP contribution in [0.3, 0.4) is 0 Å². The van der Waals surface area contributed by atoms with Gasteiger partial charge in [0, 0.05) is 40.6 Å². The van der Waals surface area contributed by atoms with Crippen LogP contribution in [-0.4, -0.2) is 14.9 Å². The van der Waals surface area contributed by atoms with Gasteiger partial charge in [-0.1, -0.05) is 6.92 Å². The molecule has 1 N–H and O–H groups in total. The minimum absolute atomic E-state index is 0.0260. The van der Waals surface area contributed by atoms with Crippen LogP contribution in [0.25, 0.3) is 10.8 Å². The first-order valence-corrected chi connectivity index (χ1v) is 8.14. The van der Waals surface area contributed by atoms with Gasteiger partial charge >= 0.3 is 0 Å². The van der Waals surface area contributed by atoms with Crippen molar-refractivity contribution >= 4 is 33.5 Å². The minimum atomic E-state index is -0.383. The Balaban J connectivity index is 1.97. The van der Waals surface area contributed by atoms with E-state index in [1.807, 2.05) is 13.1 Å². The zero-order valence-electron chi connectivity index (χ0n) is 12.8. The van der Waals surface area contributed by atoms with Crippen molar-refractivity contribution in [3.63, 3.8) is 0 Å². The van der Waals surface area contributed by atoms with Gasteiger partial charge in [0.2, 0.25) is 0 Å². The van der Waals surface area contributed by atoms with Crippen LogP contribution in [0.4, 0.5) is 11.4 Å². The average Bonchev–Trinajstić information content (AvgIpc) is 3.04. The zero-order chi connectivity index (χ0) is 16.4. The summed E-state index contributed by atoms with van der Waals surface area (Å²) in [5.74, 6) is 0. The Hall–Kier alpha value is -2.54. The number of hydrogen-bond donors (Lipinski definition) is 1. The number of aromatic nitrogens is 2. The molecule has 0 saturated carbocycles. The summed E-state index contributed by atoms with van der Waals surface area (Å²) in [6, 6.07) is 5.07. The van der Waals surface area contributed by atoms with E-state index in [1.54, 1.807) is 29.7 Å². The molecular formula is C16H16N4O2S. The van der Waals surface area contributed by atoms with Crippen molar-refractivity contribution in [2.45, 2.75) is 26.3 Å². The fraction of sp³-hybridized carbons (Fsp3) is 0.250. The third kappa shape index (κ3) is 3.00. The van der Waals surface area contributed by atoms with Gasteiger partial charge in [-0.2, -0.15) is 0 Å². The Labute approximate surface area is 137 Å². The summed E-state index contributed by atoms with van der Waals surface area (Å²) in [7, 11) is 0. The standard InChI is InChI=1S/C16H16N4O2S/c1-3-11-8-18-16(23-11)10(2)19-14-4-5-15(20(21)22)13-9-17-7-6-12(13)14/h4-10,19H,3H2,1-2H3. The number of benzene rings is 1. The highest BCUT2D eigenvalue weighted by Crippen LogP contribution is 2.33. The maximum atomic E-state index is 11.2. The van der Waals surface area contributed by atoms with Crippen LogP contribution in [0.2, 0.25) is 0 Å². The van der Waals surface area contributed by atoms with E-state index in [1.165, 1.54) is 17.1 Å². The summed E-state index contributed by atoms with van der Waals surface area (Å²) in [4.78, 5) is 20.5. The molecule has 6 nitrogen and oxygen atoms in total. The predicted octanol–water partition coefficient (Wildman–Crippen LogP) is 4.34. The van der Waals surface area contributed by atoms with Crippen LogP contribution < -0.4 is 5.32 Å². The molecule has 1 aromatic carbocycles. The molecule has 0 bridgehead atoms. The number of rotatable bonds is 5. The van der Waals surface area contributed by atoms with Crippen molar-refractivity contribution in [3.8, 4) is 0 Å². The molecule has 1 unspecified atom stereocenters. The Morgan fingerprint density at radius 3 is 2.83 bits per heavy atom. The van der Waals surface area contributed by atoms with Crippen molar-refractivity contribution < 1.29 is 4.92 Å². The third-order valence-corrected chi connectivity index (χ3v) is 4.98. The summed E-state index contributed by atoms with van der Waals surface area (Å²) in [5, 5.41) is 16.9. The predicted molar refractivity (Wildman–Crippen MR) is 91.9 cm³/mol. The number of pyridine rings is 1. The second-order valence-electron chi connectivity index (χ2n) is 5.20.